The van der Waals surface area contributed by atoms with Crippen molar-refractivity contribution in [2.45, 2.75) is 97.5 Å². The predicted octanol–water partition coefficient (Wildman–Crippen LogP) is 4.40. The summed E-state index contributed by atoms with van der Waals surface area (Å²) >= 11 is 0. The van der Waals surface area contributed by atoms with Crippen molar-refractivity contribution in [3.8, 4) is 11.3 Å². The van der Waals surface area contributed by atoms with Crippen molar-refractivity contribution in [3.63, 3.8) is 0 Å². The van der Waals surface area contributed by atoms with E-state index in [0.29, 0.717) is 22.5 Å². The summed E-state index contributed by atoms with van der Waals surface area (Å²) in [6, 6.07) is 5.57. The maximum atomic E-state index is 13.6. The Balaban J connectivity index is 0.00000162. The molecule has 1 heterocycles. The summed E-state index contributed by atoms with van der Waals surface area (Å²) in [6.45, 7) is 14.8. The minimum absolute atomic E-state index is 0. The largest absolute Gasteiger partial charge is 0.460 e. The summed E-state index contributed by atoms with van der Waals surface area (Å²) in [5.74, 6) is -1.22. The molecule has 0 saturated heterocycles. The average Bonchev–Trinajstić information content (AvgIpc) is 2.79. The number of nitrogens with zero attached hydrogens (tertiary/aromatic N) is 3. The molecule has 4 N–H and O–H groups in total. The Morgan fingerprint density at radius 1 is 1.10 bits per heavy atom. The van der Waals surface area contributed by atoms with Crippen LogP contribution in [0.15, 0.2) is 30.3 Å². The van der Waals surface area contributed by atoms with Crippen LogP contribution >= 0.6 is 0 Å². The van der Waals surface area contributed by atoms with Gasteiger partial charge in [0.1, 0.15) is 11.4 Å². The highest BCUT2D eigenvalue weighted by Gasteiger charge is 2.23. The Morgan fingerprint density at radius 3 is 2.07 bits per heavy atom. The van der Waals surface area contributed by atoms with Crippen molar-refractivity contribution in [2.24, 2.45) is 5.73 Å². The fourth-order valence-corrected chi connectivity index (χ4v) is 3.80. The molecular formula is C30H47FN4O6S. The predicted molar refractivity (Wildman–Crippen MR) is 165 cm³/mol. The van der Waals surface area contributed by atoms with Crippen LogP contribution in [0.5, 0.6) is 0 Å². The lowest BCUT2D eigenvalue weighted by Crippen LogP contribution is -2.28. The standard InChI is InChI=1S/C26H36FN3O6S.C4H11N/c1-16(2)23-21(13-12-19(31)14-20(32)15-22(33)36-26(3,4)5)24(17-8-10-18(27)11-9-17)29-25(28-23)30(6)37(7,34)35;1-4(2,3)5/h8-13,16,19-20,31-32H,14-15H2,1-7H3;5H2,1-3H3/b13-12+;/t19-,20-;/m1./s1. The van der Waals surface area contributed by atoms with E-state index in [0.717, 1.165) is 10.6 Å². The fourth-order valence-electron chi connectivity index (χ4n) is 3.42. The molecule has 12 heteroatoms. The van der Waals surface area contributed by atoms with Gasteiger partial charge in [-0.25, -0.2) is 27.1 Å². The first-order valence-corrected chi connectivity index (χ1v) is 15.5. The number of sulfonamides is 1. The van der Waals surface area contributed by atoms with E-state index in [1.807, 2.05) is 34.6 Å². The summed E-state index contributed by atoms with van der Waals surface area (Å²) in [6.07, 6.45) is 1.44. The molecule has 0 radical (unpaired) electrons. The van der Waals surface area contributed by atoms with Crippen LogP contribution in [0, 0.1) is 5.82 Å². The zero-order valence-electron chi connectivity index (χ0n) is 26.3. The molecule has 1 aromatic heterocycles. The van der Waals surface area contributed by atoms with Crippen LogP contribution in [0.25, 0.3) is 17.3 Å². The highest BCUT2D eigenvalue weighted by Crippen LogP contribution is 2.31. The maximum absolute atomic E-state index is 13.6. The van der Waals surface area contributed by atoms with Gasteiger partial charge in [-0.05, 0) is 71.7 Å². The van der Waals surface area contributed by atoms with E-state index in [9.17, 15) is 27.8 Å². The third-order valence-corrected chi connectivity index (χ3v) is 6.39. The van der Waals surface area contributed by atoms with E-state index in [1.165, 1.54) is 37.4 Å². The molecule has 0 saturated carbocycles. The van der Waals surface area contributed by atoms with Crippen LogP contribution in [0.1, 0.15) is 85.4 Å². The van der Waals surface area contributed by atoms with E-state index in [-0.39, 0.29) is 30.2 Å². The van der Waals surface area contributed by atoms with E-state index >= 15 is 0 Å². The molecule has 0 unspecified atom stereocenters. The number of carbonyl (C=O) groups is 1. The van der Waals surface area contributed by atoms with Gasteiger partial charge in [-0.2, -0.15) is 0 Å². The Kier molecular flexibility index (Phi) is 13.2. The molecule has 0 bridgehead atoms. The van der Waals surface area contributed by atoms with Gasteiger partial charge < -0.3 is 20.7 Å². The average molecular weight is 611 g/mol. The smallest absolute Gasteiger partial charge is 0.308 e. The number of nitrogens with two attached hydrogens (primary N) is 1. The third-order valence-electron chi connectivity index (χ3n) is 5.23. The van der Waals surface area contributed by atoms with E-state index in [2.05, 4.69) is 9.97 Å². The van der Waals surface area contributed by atoms with Crippen molar-refractivity contribution in [3.05, 3.63) is 47.4 Å². The second kappa shape index (κ2) is 15.0. The lowest BCUT2D eigenvalue weighted by atomic mass is 9.97. The number of esters is 1. The molecule has 42 heavy (non-hydrogen) atoms. The Hall–Kier alpha value is -2.93. The van der Waals surface area contributed by atoms with Crippen molar-refractivity contribution < 1.29 is 32.6 Å². The highest BCUT2D eigenvalue weighted by molar-refractivity contribution is 7.92. The van der Waals surface area contributed by atoms with E-state index in [4.69, 9.17) is 10.5 Å². The summed E-state index contributed by atoms with van der Waals surface area (Å²) in [5, 5.41) is 20.8. The normalized spacial score (nSPS) is 13.9. The lowest BCUT2D eigenvalue weighted by Gasteiger charge is -2.21. The van der Waals surface area contributed by atoms with Gasteiger partial charge in [0.05, 0.1) is 36.3 Å². The van der Waals surface area contributed by atoms with Crippen LogP contribution in [0.4, 0.5) is 10.3 Å². The second-order valence-electron chi connectivity index (χ2n) is 12.5. The minimum atomic E-state index is -3.65. The number of aromatic nitrogens is 2. The summed E-state index contributed by atoms with van der Waals surface area (Å²) in [7, 11) is -2.31. The van der Waals surface area contributed by atoms with Gasteiger partial charge in [0.2, 0.25) is 16.0 Å². The number of anilines is 1. The number of halogens is 1. The maximum Gasteiger partial charge on any atom is 0.308 e. The number of benzene rings is 1. The van der Waals surface area contributed by atoms with Gasteiger partial charge in [0.15, 0.2) is 0 Å². The molecule has 236 valence electrons. The number of ether oxygens (including phenoxy) is 1. The lowest BCUT2D eigenvalue weighted by molar-refractivity contribution is -0.157. The Bertz CT molecular complexity index is 1310. The molecule has 2 rings (SSSR count). The number of rotatable bonds is 10. The first-order valence-electron chi connectivity index (χ1n) is 13.6. The van der Waals surface area contributed by atoms with Crippen LogP contribution in [0.2, 0.25) is 0 Å². The van der Waals surface area contributed by atoms with Gasteiger partial charge >= 0.3 is 5.97 Å². The second-order valence-corrected chi connectivity index (χ2v) is 14.5. The molecule has 0 aliphatic heterocycles. The van der Waals surface area contributed by atoms with Crippen molar-refractivity contribution in [1.29, 1.82) is 0 Å². The van der Waals surface area contributed by atoms with Crippen molar-refractivity contribution in [2.75, 3.05) is 17.6 Å². The summed E-state index contributed by atoms with van der Waals surface area (Å²) < 4.78 is 44.1. The van der Waals surface area contributed by atoms with Crippen LogP contribution in [-0.2, 0) is 19.6 Å². The molecule has 0 spiro atoms. The fraction of sp³-hybridized carbons (Fsp3) is 0.567. The zero-order valence-corrected chi connectivity index (χ0v) is 27.2. The number of hydrogen-bond donors (Lipinski definition) is 3. The SMILES string of the molecule is CC(C)(C)N.CC(C)c1nc(N(C)S(C)(=O)=O)nc(-c2ccc(F)cc2)c1/C=C/[C@@H](O)C[C@@H](O)CC(=O)OC(C)(C)C. The van der Waals surface area contributed by atoms with Gasteiger partial charge in [-0.1, -0.05) is 26.0 Å². The number of aliphatic hydroxyl groups excluding tert-OH is 2. The van der Waals surface area contributed by atoms with Crippen molar-refractivity contribution in [1.82, 2.24) is 9.97 Å². The van der Waals surface area contributed by atoms with E-state index < -0.39 is 39.6 Å². The molecule has 10 nitrogen and oxygen atoms in total. The zero-order chi connectivity index (χ0) is 32.6. The molecule has 0 aliphatic rings. The quantitative estimate of drug-likeness (QED) is 0.332. The van der Waals surface area contributed by atoms with Crippen molar-refractivity contribution >= 4 is 28.0 Å². The topological polar surface area (TPSA) is 156 Å². The van der Waals surface area contributed by atoms with Crippen LogP contribution < -0.4 is 10.0 Å². The summed E-state index contributed by atoms with van der Waals surface area (Å²) in [5.41, 5.74) is 6.56. The monoisotopic (exact) mass is 610 g/mol. The highest BCUT2D eigenvalue weighted by atomic mass is 32.2. The number of aliphatic hydroxyl groups is 2. The summed E-state index contributed by atoms with van der Waals surface area (Å²) in [4.78, 5) is 20.9. The molecule has 0 aliphatic carbocycles. The van der Waals surface area contributed by atoms with Gasteiger partial charge in [0.25, 0.3) is 0 Å². The van der Waals surface area contributed by atoms with Gasteiger partial charge in [-0.15, -0.1) is 0 Å². The Morgan fingerprint density at radius 2 is 1.62 bits per heavy atom. The van der Waals surface area contributed by atoms with Crippen LogP contribution in [-0.4, -0.2) is 71.2 Å². The molecule has 1 aromatic carbocycles. The minimum Gasteiger partial charge on any atom is -0.460 e. The van der Waals surface area contributed by atoms with Crippen LogP contribution in [0.3, 0.4) is 0 Å². The molecule has 2 aromatic rings. The van der Waals surface area contributed by atoms with Gasteiger partial charge in [0, 0.05) is 30.1 Å². The first kappa shape index (κ1) is 37.1. The molecular weight excluding hydrogens is 563 g/mol. The Labute approximate surface area is 249 Å². The number of hydrogen-bond acceptors (Lipinski definition) is 9. The molecule has 0 amide bonds. The number of carbonyl (C=O) groups excluding carboxylic acids is 1. The third kappa shape index (κ3) is 13.8. The van der Waals surface area contributed by atoms with E-state index in [1.54, 1.807) is 26.8 Å². The van der Waals surface area contributed by atoms with Gasteiger partial charge in [-0.3, -0.25) is 4.79 Å². The molecule has 0 fully saturated rings. The first-order chi connectivity index (χ1) is 19.0. The molecule has 2 atom stereocenters.